The van der Waals surface area contributed by atoms with Gasteiger partial charge in [0.05, 0.1) is 17.0 Å². The molecule has 2 N–H and O–H groups in total. The van der Waals surface area contributed by atoms with Crippen molar-refractivity contribution in [2.45, 2.75) is 30.3 Å². The van der Waals surface area contributed by atoms with Crippen molar-refractivity contribution in [3.63, 3.8) is 0 Å². The van der Waals surface area contributed by atoms with E-state index in [1.807, 2.05) is 20.0 Å². The normalized spacial score (nSPS) is 23.7. The zero-order chi connectivity index (χ0) is 13.9. The Morgan fingerprint density at radius 2 is 2.21 bits per heavy atom. The van der Waals surface area contributed by atoms with Crippen LogP contribution >= 0.6 is 0 Å². The number of benzene rings is 1. The van der Waals surface area contributed by atoms with Crippen molar-refractivity contribution in [2.24, 2.45) is 0 Å². The van der Waals surface area contributed by atoms with Crippen LogP contribution in [0.5, 0.6) is 0 Å². The standard InChI is InChI=1S/C13H20N2O3S/c1-13(6-7-18-10-13)15-19(16,17)12-5-3-4-11(8-12)9-14-2/h3-5,8,14-15H,6-7,9-10H2,1-2H3. The number of nitrogens with one attached hydrogen (secondary N) is 2. The van der Waals surface area contributed by atoms with Crippen LogP contribution in [0.2, 0.25) is 0 Å². The van der Waals surface area contributed by atoms with Gasteiger partial charge in [-0.1, -0.05) is 12.1 Å². The van der Waals surface area contributed by atoms with E-state index in [1.54, 1.807) is 18.2 Å². The quantitative estimate of drug-likeness (QED) is 0.841. The second-order valence-electron chi connectivity index (χ2n) is 5.15. The van der Waals surface area contributed by atoms with E-state index in [0.29, 0.717) is 31.1 Å². The molecule has 1 unspecified atom stereocenters. The summed E-state index contributed by atoms with van der Waals surface area (Å²) in [6.07, 6.45) is 0.697. The molecule has 0 saturated carbocycles. The molecule has 1 heterocycles. The molecule has 106 valence electrons. The van der Waals surface area contributed by atoms with Gasteiger partial charge in [-0.3, -0.25) is 0 Å². The van der Waals surface area contributed by atoms with Crippen molar-refractivity contribution in [2.75, 3.05) is 20.3 Å². The predicted molar refractivity (Wildman–Crippen MR) is 73.4 cm³/mol. The molecule has 1 atom stereocenters. The van der Waals surface area contributed by atoms with E-state index in [9.17, 15) is 8.42 Å². The van der Waals surface area contributed by atoms with Gasteiger partial charge in [0, 0.05) is 13.2 Å². The van der Waals surface area contributed by atoms with Gasteiger partial charge in [0.1, 0.15) is 0 Å². The highest BCUT2D eigenvalue weighted by Gasteiger charge is 2.34. The average molecular weight is 284 g/mol. The third-order valence-electron chi connectivity index (χ3n) is 3.19. The van der Waals surface area contributed by atoms with Gasteiger partial charge in [-0.15, -0.1) is 0 Å². The van der Waals surface area contributed by atoms with Crippen molar-refractivity contribution in [3.8, 4) is 0 Å². The van der Waals surface area contributed by atoms with Crippen molar-refractivity contribution in [1.82, 2.24) is 10.0 Å². The Hall–Kier alpha value is -0.950. The summed E-state index contributed by atoms with van der Waals surface area (Å²) in [7, 11) is -1.67. The third-order valence-corrected chi connectivity index (χ3v) is 4.83. The second kappa shape index (κ2) is 5.58. The van der Waals surface area contributed by atoms with Crippen LogP contribution in [0, 0.1) is 0 Å². The minimum atomic E-state index is -3.50. The largest absolute Gasteiger partial charge is 0.379 e. The lowest BCUT2D eigenvalue weighted by atomic mass is 10.0. The fourth-order valence-corrected chi connectivity index (χ4v) is 3.65. The summed E-state index contributed by atoms with van der Waals surface area (Å²) < 4.78 is 32.7. The lowest BCUT2D eigenvalue weighted by Gasteiger charge is -2.23. The molecular formula is C13H20N2O3S. The molecule has 0 amide bonds. The van der Waals surface area contributed by atoms with Crippen LogP contribution < -0.4 is 10.0 Å². The highest BCUT2D eigenvalue weighted by Crippen LogP contribution is 2.21. The van der Waals surface area contributed by atoms with Crippen LogP contribution in [-0.4, -0.2) is 34.2 Å². The molecule has 1 aliphatic heterocycles. The summed E-state index contributed by atoms with van der Waals surface area (Å²) in [4.78, 5) is 0.299. The summed E-state index contributed by atoms with van der Waals surface area (Å²) in [5, 5.41) is 3.01. The molecule has 2 rings (SSSR count). The molecule has 0 radical (unpaired) electrons. The first-order valence-electron chi connectivity index (χ1n) is 6.30. The Morgan fingerprint density at radius 3 is 2.84 bits per heavy atom. The molecule has 19 heavy (non-hydrogen) atoms. The summed E-state index contributed by atoms with van der Waals surface area (Å²) >= 11 is 0. The molecule has 1 saturated heterocycles. The van der Waals surface area contributed by atoms with Gasteiger partial charge in [-0.2, -0.15) is 0 Å². The Morgan fingerprint density at radius 1 is 1.42 bits per heavy atom. The first-order valence-corrected chi connectivity index (χ1v) is 7.79. The van der Waals surface area contributed by atoms with E-state index in [0.717, 1.165) is 5.56 Å². The molecule has 5 nitrogen and oxygen atoms in total. The molecular weight excluding hydrogens is 264 g/mol. The van der Waals surface area contributed by atoms with Crippen LogP contribution in [0.25, 0.3) is 0 Å². The first kappa shape index (κ1) is 14.5. The number of hydrogen-bond acceptors (Lipinski definition) is 4. The maximum atomic E-state index is 12.4. The van der Waals surface area contributed by atoms with Crippen molar-refractivity contribution < 1.29 is 13.2 Å². The number of rotatable bonds is 5. The van der Waals surface area contributed by atoms with Gasteiger partial charge < -0.3 is 10.1 Å². The average Bonchev–Trinajstić information content (AvgIpc) is 2.75. The van der Waals surface area contributed by atoms with Crippen LogP contribution in [0.4, 0.5) is 0 Å². The van der Waals surface area contributed by atoms with Crippen molar-refractivity contribution >= 4 is 10.0 Å². The van der Waals surface area contributed by atoms with Gasteiger partial charge in [0.25, 0.3) is 0 Å². The molecule has 1 aromatic rings. The van der Waals surface area contributed by atoms with Crippen LogP contribution in [-0.2, 0) is 21.3 Å². The molecule has 1 fully saturated rings. The zero-order valence-corrected chi connectivity index (χ0v) is 12.1. The Labute approximate surface area is 114 Å². The Kier molecular flexibility index (Phi) is 4.25. The topological polar surface area (TPSA) is 67.4 Å². The van der Waals surface area contributed by atoms with Crippen molar-refractivity contribution in [3.05, 3.63) is 29.8 Å². The van der Waals surface area contributed by atoms with Crippen molar-refractivity contribution in [1.29, 1.82) is 0 Å². The SMILES string of the molecule is CNCc1cccc(S(=O)(=O)NC2(C)CCOC2)c1. The second-order valence-corrected chi connectivity index (χ2v) is 6.83. The number of sulfonamides is 1. The summed E-state index contributed by atoms with van der Waals surface area (Å²) in [6.45, 7) is 3.53. The van der Waals surface area contributed by atoms with E-state index in [4.69, 9.17) is 4.74 Å². The van der Waals surface area contributed by atoms with Crippen LogP contribution in [0.1, 0.15) is 18.9 Å². The summed E-state index contributed by atoms with van der Waals surface area (Å²) in [5.74, 6) is 0. The summed E-state index contributed by atoms with van der Waals surface area (Å²) in [5.41, 5.74) is 0.441. The Bertz CT molecular complexity index is 537. The predicted octanol–water partition coefficient (Wildman–Crippen LogP) is 0.863. The number of ether oxygens (including phenoxy) is 1. The van der Waals surface area contributed by atoms with Gasteiger partial charge >= 0.3 is 0 Å². The molecule has 1 aromatic carbocycles. The van der Waals surface area contributed by atoms with E-state index < -0.39 is 15.6 Å². The molecule has 0 spiro atoms. The molecule has 0 aromatic heterocycles. The van der Waals surface area contributed by atoms with E-state index in [1.165, 1.54) is 0 Å². The molecule has 6 heteroatoms. The van der Waals surface area contributed by atoms with E-state index in [-0.39, 0.29) is 0 Å². The Balaban J connectivity index is 2.21. The monoisotopic (exact) mass is 284 g/mol. The smallest absolute Gasteiger partial charge is 0.241 e. The minimum Gasteiger partial charge on any atom is -0.379 e. The number of hydrogen-bond donors (Lipinski definition) is 2. The first-order chi connectivity index (χ1) is 8.95. The fraction of sp³-hybridized carbons (Fsp3) is 0.538. The van der Waals surface area contributed by atoms with Gasteiger partial charge in [-0.25, -0.2) is 13.1 Å². The van der Waals surface area contributed by atoms with E-state index >= 15 is 0 Å². The highest BCUT2D eigenvalue weighted by molar-refractivity contribution is 7.89. The fourth-order valence-electron chi connectivity index (χ4n) is 2.16. The molecule has 0 bridgehead atoms. The third kappa shape index (κ3) is 3.54. The summed E-state index contributed by atoms with van der Waals surface area (Å²) in [6, 6.07) is 6.96. The minimum absolute atomic E-state index is 0.299. The van der Waals surface area contributed by atoms with E-state index in [2.05, 4.69) is 10.0 Å². The van der Waals surface area contributed by atoms with Gasteiger partial charge in [0.2, 0.25) is 10.0 Å². The zero-order valence-electron chi connectivity index (χ0n) is 11.3. The maximum absolute atomic E-state index is 12.4. The van der Waals surface area contributed by atoms with Gasteiger partial charge in [-0.05, 0) is 38.1 Å². The molecule has 1 aliphatic rings. The lowest BCUT2D eigenvalue weighted by Crippen LogP contribution is -2.46. The highest BCUT2D eigenvalue weighted by atomic mass is 32.2. The molecule has 0 aliphatic carbocycles. The van der Waals surface area contributed by atoms with Gasteiger partial charge in [0.15, 0.2) is 0 Å². The van der Waals surface area contributed by atoms with Crippen LogP contribution in [0.15, 0.2) is 29.2 Å². The lowest BCUT2D eigenvalue weighted by molar-refractivity contribution is 0.178. The van der Waals surface area contributed by atoms with Crippen LogP contribution in [0.3, 0.4) is 0 Å². The maximum Gasteiger partial charge on any atom is 0.241 e.